The number of nitrogens with zero attached hydrogens (tertiary/aromatic N) is 1. The van der Waals surface area contributed by atoms with Crippen LogP contribution in [0.15, 0.2) is 48.5 Å². The predicted molar refractivity (Wildman–Crippen MR) is 99.7 cm³/mol. The molecule has 2 aromatic rings. The van der Waals surface area contributed by atoms with Gasteiger partial charge in [0.1, 0.15) is 5.75 Å². The molecule has 0 radical (unpaired) electrons. The summed E-state index contributed by atoms with van der Waals surface area (Å²) in [5, 5.41) is 5.62. The second-order valence-electron chi connectivity index (χ2n) is 5.95. The molecule has 132 valence electrons. The molecule has 6 nitrogen and oxygen atoms in total. The summed E-state index contributed by atoms with van der Waals surface area (Å²) in [6.45, 7) is 1.89. The van der Waals surface area contributed by atoms with E-state index in [-0.39, 0.29) is 6.03 Å². The van der Waals surface area contributed by atoms with Crippen LogP contribution in [0.3, 0.4) is 0 Å². The Morgan fingerprint density at radius 1 is 1.08 bits per heavy atom. The van der Waals surface area contributed by atoms with E-state index in [2.05, 4.69) is 15.5 Å². The fraction of sp³-hybridized carbons (Fsp3) is 0.316. The fourth-order valence-electron chi connectivity index (χ4n) is 2.90. The first-order chi connectivity index (χ1) is 12.2. The largest absolute Gasteiger partial charge is 0.497 e. The van der Waals surface area contributed by atoms with Crippen molar-refractivity contribution in [3.8, 4) is 5.75 Å². The molecule has 1 saturated heterocycles. The maximum Gasteiger partial charge on any atom is 0.323 e. The molecule has 0 spiro atoms. The number of urea groups is 1. The van der Waals surface area contributed by atoms with Gasteiger partial charge in [-0.2, -0.15) is 0 Å². The van der Waals surface area contributed by atoms with Crippen LogP contribution in [-0.2, 0) is 4.74 Å². The van der Waals surface area contributed by atoms with E-state index in [1.165, 1.54) is 0 Å². The summed E-state index contributed by atoms with van der Waals surface area (Å²) < 4.78 is 10.5. The van der Waals surface area contributed by atoms with Crippen LogP contribution in [-0.4, -0.2) is 39.4 Å². The van der Waals surface area contributed by atoms with Crippen LogP contribution in [0.1, 0.15) is 6.42 Å². The molecule has 2 amide bonds. The number of carbonyl (C=O) groups excluding carboxylic acids is 1. The van der Waals surface area contributed by atoms with E-state index in [9.17, 15) is 4.79 Å². The maximum absolute atomic E-state index is 12.1. The first kappa shape index (κ1) is 17.1. The minimum atomic E-state index is -0.290. The number of ether oxygens (including phenoxy) is 2. The van der Waals surface area contributed by atoms with Crippen molar-refractivity contribution in [3.05, 3.63) is 48.5 Å². The van der Waals surface area contributed by atoms with E-state index in [0.29, 0.717) is 17.5 Å². The average Bonchev–Trinajstić information content (AvgIpc) is 3.11. The monoisotopic (exact) mass is 341 g/mol. The predicted octanol–water partition coefficient (Wildman–Crippen LogP) is 3.56. The number of anilines is 3. The zero-order chi connectivity index (χ0) is 17.6. The molecule has 1 fully saturated rings. The number of nitrogens with one attached hydrogen (secondary N) is 2. The van der Waals surface area contributed by atoms with E-state index in [1.54, 1.807) is 20.3 Å². The number of hydrogen-bond acceptors (Lipinski definition) is 4. The van der Waals surface area contributed by atoms with Gasteiger partial charge in [-0.1, -0.05) is 6.07 Å². The van der Waals surface area contributed by atoms with Gasteiger partial charge in [-0.05, 0) is 42.8 Å². The van der Waals surface area contributed by atoms with Crippen molar-refractivity contribution < 1.29 is 14.3 Å². The van der Waals surface area contributed by atoms with Crippen molar-refractivity contribution in [1.82, 2.24) is 0 Å². The van der Waals surface area contributed by atoms with Gasteiger partial charge < -0.3 is 25.0 Å². The Morgan fingerprint density at radius 3 is 2.52 bits per heavy atom. The van der Waals surface area contributed by atoms with E-state index < -0.39 is 0 Å². The topological polar surface area (TPSA) is 62.8 Å². The van der Waals surface area contributed by atoms with Crippen molar-refractivity contribution in [2.75, 3.05) is 42.8 Å². The van der Waals surface area contributed by atoms with Crippen molar-refractivity contribution in [2.24, 2.45) is 0 Å². The van der Waals surface area contributed by atoms with E-state index in [1.807, 2.05) is 42.5 Å². The van der Waals surface area contributed by atoms with Crippen molar-refractivity contribution in [3.63, 3.8) is 0 Å². The molecular weight excluding hydrogens is 318 g/mol. The first-order valence-electron chi connectivity index (χ1n) is 8.28. The number of rotatable bonds is 5. The summed E-state index contributed by atoms with van der Waals surface area (Å²) in [7, 11) is 3.35. The minimum Gasteiger partial charge on any atom is -0.497 e. The second-order valence-corrected chi connectivity index (χ2v) is 5.95. The highest BCUT2D eigenvalue weighted by Crippen LogP contribution is 2.23. The van der Waals surface area contributed by atoms with Crippen molar-refractivity contribution in [1.29, 1.82) is 0 Å². The Kier molecular flexibility index (Phi) is 5.40. The molecular formula is C19H23N3O3. The first-order valence-corrected chi connectivity index (χ1v) is 8.28. The molecule has 3 rings (SSSR count). The number of methoxy groups -OCH3 is 2. The van der Waals surface area contributed by atoms with Crippen LogP contribution in [0.2, 0.25) is 0 Å². The number of carbonyl (C=O) groups is 1. The normalized spacial score (nSPS) is 16.6. The van der Waals surface area contributed by atoms with Gasteiger partial charge in [-0.3, -0.25) is 0 Å². The molecule has 0 saturated carbocycles. The maximum atomic E-state index is 12.1. The molecule has 2 N–H and O–H groups in total. The van der Waals surface area contributed by atoms with Gasteiger partial charge in [0.25, 0.3) is 0 Å². The molecule has 6 heteroatoms. The van der Waals surface area contributed by atoms with Gasteiger partial charge in [0.2, 0.25) is 0 Å². The van der Waals surface area contributed by atoms with Gasteiger partial charge in [-0.25, -0.2) is 4.79 Å². The summed E-state index contributed by atoms with van der Waals surface area (Å²) in [4.78, 5) is 14.4. The molecule has 25 heavy (non-hydrogen) atoms. The van der Waals surface area contributed by atoms with Crippen LogP contribution in [0.5, 0.6) is 5.75 Å². The van der Waals surface area contributed by atoms with E-state index >= 15 is 0 Å². The third-order valence-corrected chi connectivity index (χ3v) is 4.30. The third kappa shape index (κ3) is 4.42. The van der Waals surface area contributed by atoms with E-state index in [0.717, 1.165) is 30.9 Å². The highest BCUT2D eigenvalue weighted by molar-refractivity contribution is 5.99. The van der Waals surface area contributed by atoms with E-state index in [4.69, 9.17) is 9.47 Å². The Hall–Kier alpha value is -2.73. The smallest absolute Gasteiger partial charge is 0.323 e. The SMILES string of the molecule is COc1cccc(NC(=O)Nc2ccc(N3CC[C@@H](OC)C3)cc2)c1. The molecule has 2 aromatic carbocycles. The Balaban J connectivity index is 1.56. The summed E-state index contributed by atoms with van der Waals surface area (Å²) in [6.07, 6.45) is 1.34. The molecule has 1 aliphatic heterocycles. The van der Waals surface area contributed by atoms with Crippen LogP contribution in [0, 0.1) is 0 Å². The highest BCUT2D eigenvalue weighted by atomic mass is 16.5. The van der Waals surface area contributed by atoms with Gasteiger partial charge in [0.15, 0.2) is 0 Å². The molecule has 1 atom stereocenters. The molecule has 0 bridgehead atoms. The number of amides is 2. The van der Waals surface area contributed by atoms with Gasteiger partial charge in [0.05, 0.1) is 13.2 Å². The third-order valence-electron chi connectivity index (χ3n) is 4.30. The van der Waals surface area contributed by atoms with Gasteiger partial charge >= 0.3 is 6.03 Å². The molecule has 0 aliphatic carbocycles. The summed E-state index contributed by atoms with van der Waals surface area (Å²) in [6, 6.07) is 14.8. The molecule has 1 aliphatic rings. The van der Waals surface area contributed by atoms with Gasteiger partial charge in [0, 0.05) is 43.3 Å². The fourth-order valence-corrected chi connectivity index (χ4v) is 2.90. The number of hydrogen-bond donors (Lipinski definition) is 2. The average molecular weight is 341 g/mol. The standard InChI is InChI=1S/C19H23N3O3/c1-24-17-5-3-4-15(12-17)21-19(23)20-14-6-8-16(9-7-14)22-11-10-18(13-22)25-2/h3-9,12,18H,10-11,13H2,1-2H3,(H2,20,21,23)/t18-/m1/s1. The minimum absolute atomic E-state index is 0.290. The van der Waals surface area contributed by atoms with Crippen LogP contribution < -0.4 is 20.3 Å². The lowest BCUT2D eigenvalue weighted by atomic mass is 10.2. The quantitative estimate of drug-likeness (QED) is 0.873. The molecule has 0 unspecified atom stereocenters. The van der Waals surface area contributed by atoms with Crippen LogP contribution >= 0.6 is 0 Å². The van der Waals surface area contributed by atoms with Crippen molar-refractivity contribution in [2.45, 2.75) is 12.5 Å². The number of benzene rings is 2. The highest BCUT2D eigenvalue weighted by Gasteiger charge is 2.22. The van der Waals surface area contributed by atoms with Crippen LogP contribution in [0.4, 0.5) is 21.9 Å². The second kappa shape index (κ2) is 7.90. The zero-order valence-corrected chi connectivity index (χ0v) is 14.5. The zero-order valence-electron chi connectivity index (χ0n) is 14.5. The summed E-state index contributed by atoms with van der Waals surface area (Å²) in [5.41, 5.74) is 2.56. The summed E-state index contributed by atoms with van der Waals surface area (Å²) >= 11 is 0. The summed E-state index contributed by atoms with van der Waals surface area (Å²) in [5.74, 6) is 0.696. The Bertz CT molecular complexity index is 718. The van der Waals surface area contributed by atoms with Crippen molar-refractivity contribution >= 4 is 23.1 Å². The lowest BCUT2D eigenvalue weighted by Gasteiger charge is -2.18. The van der Waals surface area contributed by atoms with Crippen LogP contribution in [0.25, 0.3) is 0 Å². The van der Waals surface area contributed by atoms with Gasteiger partial charge in [-0.15, -0.1) is 0 Å². The molecule has 1 heterocycles. The lowest BCUT2D eigenvalue weighted by molar-refractivity contribution is 0.121. The lowest BCUT2D eigenvalue weighted by Crippen LogP contribution is -2.22. The Labute approximate surface area is 147 Å². The molecule has 0 aromatic heterocycles. The Morgan fingerprint density at radius 2 is 1.84 bits per heavy atom.